The first-order chi connectivity index (χ1) is 18.2. The van der Waals surface area contributed by atoms with Gasteiger partial charge in [0.05, 0.1) is 23.4 Å². The zero-order valence-corrected chi connectivity index (χ0v) is 21.1. The fourth-order valence-electron chi connectivity index (χ4n) is 3.61. The molecule has 4 rings (SSSR count). The smallest absolute Gasteiger partial charge is 0.416 e. The van der Waals surface area contributed by atoms with E-state index >= 15 is 0 Å². The Morgan fingerprint density at radius 2 is 1.66 bits per heavy atom. The van der Waals surface area contributed by atoms with Gasteiger partial charge in [0.2, 0.25) is 0 Å². The molecule has 0 fully saturated rings. The first kappa shape index (κ1) is 27.0. The number of ether oxygens (including phenoxy) is 1. The number of hydrogen-bond donors (Lipinski definition) is 1. The maximum atomic E-state index is 13.5. The van der Waals surface area contributed by atoms with Gasteiger partial charge in [0.15, 0.2) is 0 Å². The number of nitrogens with one attached hydrogen (secondary N) is 1. The number of esters is 1. The third-order valence-corrected chi connectivity index (χ3v) is 6.65. The molecule has 0 aromatic heterocycles. The summed E-state index contributed by atoms with van der Waals surface area (Å²) in [6, 6.07) is 19.0. The third-order valence-electron chi connectivity index (χ3n) is 5.56. The lowest BCUT2D eigenvalue weighted by molar-refractivity contribution is -0.137. The largest absolute Gasteiger partial charge is 0.462 e. The van der Waals surface area contributed by atoms with E-state index in [9.17, 15) is 27.6 Å². The molecule has 2 amide bonds. The number of halogens is 3. The van der Waals surface area contributed by atoms with Crippen molar-refractivity contribution < 1.29 is 32.3 Å². The highest BCUT2D eigenvalue weighted by molar-refractivity contribution is 8.04. The highest BCUT2D eigenvalue weighted by Gasteiger charge is 2.40. The standard InChI is InChI=1S/C28H23F3N2O4S/c1-2-3-16-37-27(36)18-12-14-21(15-13-18)33-25(34)23(24(26(33)35)38-22-10-5-4-6-11-22)32-20-9-7-8-19(17-20)28(29,30)31/h4-15,17,32H,2-3,16H2,1H3. The van der Waals surface area contributed by atoms with E-state index in [1.807, 2.05) is 6.92 Å². The van der Waals surface area contributed by atoms with Crippen LogP contribution in [0.4, 0.5) is 24.5 Å². The number of nitrogens with zero attached hydrogens (tertiary/aromatic N) is 1. The maximum Gasteiger partial charge on any atom is 0.416 e. The number of thioether (sulfide) groups is 1. The summed E-state index contributed by atoms with van der Waals surface area (Å²) in [5.74, 6) is -1.89. The van der Waals surface area contributed by atoms with E-state index in [4.69, 9.17) is 4.74 Å². The average molecular weight is 541 g/mol. The molecular weight excluding hydrogens is 517 g/mol. The Bertz CT molecular complexity index is 1370. The Labute approximate surface area is 221 Å². The molecule has 1 heterocycles. The van der Waals surface area contributed by atoms with Crippen LogP contribution in [0.2, 0.25) is 0 Å². The first-order valence-electron chi connectivity index (χ1n) is 11.8. The van der Waals surface area contributed by atoms with E-state index in [-0.39, 0.29) is 34.1 Å². The van der Waals surface area contributed by atoms with Crippen molar-refractivity contribution in [1.29, 1.82) is 0 Å². The van der Waals surface area contributed by atoms with Crippen molar-refractivity contribution in [3.8, 4) is 0 Å². The van der Waals surface area contributed by atoms with Gasteiger partial charge in [0.25, 0.3) is 11.8 Å². The highest BCUT2D eigenvalue weighted by Crippen LogP contribution is 2.38. The van der Waals surface area contributed by atoms with Gasteiger partial charge in [-0.3, -0.25) is 9.59 Å². The molecule has 0 bridgehead atoms. The molecule has 3 aromatic rings. The summed E-state index contributed by atoms with van der Waals surface area (Å²) in [6.45, 7) is 2.26. The molecular formula is C28H23F3N2O4S. The molecule has 0 saturated carbocycles. The van der Waals surface area contributed by atoms with Crippen molar-refractivity contribution in [2.45, 2.75) is 30.8 Å². The predicted octanol–water partition coefficient (Wildman–Crippen LogP) is 6.65. The number of hydrogen-bond acceptors (Lipinski definition) is 6. The number of alkyl halides is 3. The van der Waals surface area contributed by atoms with E-state index in [0.717, 1.165) is 41.6 Å². The topological polar surface area (TPSA) is 75.7 Å². The van der Waals surface area contributed by atoms with Gasteiger partial charge in [0.1, 0.15) is 10.6 Å². The van der Waals surface area contributed by atoms with Crippen LogP contribution in [0.1, 0.15) is 35.7 Å². The fourth-order valence-corrected chi connectivity index (χ4v) is 4.56. The summed E-state index contributed by atoms with van der Waals surface area (Å²) in [5.41, 5.74) is -0.564. The summed E-state index contributed by atoms with van der Waals surface area (Å²) in [7, 11) is 0. The molecule has 1 aliphatic heterocycles. The Balaban J connectivity index is 1.64. The Morgan fingerprint density at radius 1 is 0.947 bits per heavy atom. The van der Waals surface area contributed by atoms with E-state index in [2.05, 4.69) is 5.32 Å². The zero-order valence-electron chi connectivity index (χ0n) is 20.2. The summed E-state index contributed by atoms with van der Waals surface area (Å²) < 4.78 is 44.9. The summed E-state index contributed by atoms with van der Waals surface area (Å²) in [4.78, 5) is 40.7. The SMILES string of the molecule is CCCCOC(=O)c1ccc(N2C(=O)C(Nc3cccc(C(F)(F)F)c3)=C(Sc3ccccc3)C2=O)cc1. The van der Waals surface area contributed by atoms with Crippen LogP contribution in [-0.2, 0) is 20.5 Å². The second-order valence-corrected chi connectivity index (χ2v) is 9.39. The van der Waals surface area contributed by atoms with Crippen LogP contribution in [-0.4, -0.2) is 24.4 Å². The van der Waals surface area contributed by atoms with Crippen molar-refractivity contribution in [2.75, 3.05) is 16.8 Å². The fraction of sp³-hybridized carbons (Fsp3) is 0.179. The molecule has 0 aliphatic carbocycles. The van der Waals surface area contributed by atoms with Crippen molar-refractivity contribution in [1.82, 2.24) is 0 Å². The molecule has 6 nitrogen and oxygen atoms in total. The minimum atomic E-state index is -4.57. The van der Waals surface area contributed by atoms with E-state index in [1.165, 1.54) is 36.4 Å². The van der Waals surface area contributed by atoms with E-state index < -0.39 is 29.5 Å². The number of imide groups is 1. The van der Waals surface area contributed by atoms with Gasteiger partial charge < -0.3 is 10.1 Å². The van der Waals surface area contributed by atoms with Crippen LogP contribution in [0.3, 0.4) is 0 Å². The molecule has 0 saturated heterocycles. The van der Waals surface area contributed by atoms with Crippen molar-refractivity contribution in [3.63, 3.8) is 0 Å². The molecule has 0 radical (unpaired) electrons. The minimum Gasteiger partial charge on any atom is -0.462 e. The number of carbonyl (C=O) groups is 3. The van der Waals surface area contributed by atoms with Gasteiger partial charge in [-0.05, 0) is 61.0 Å². The van der Waals surface area contributed by atoms with Gasteiger partial charge in [-0.1, -0.05) is 49.4 Å². The number of anilines is 2. The zero-order chi connectivity index (χ0) is 27.3. The lowest BCUT2D eigenvalue weighted by Crippen LogP contribution is -2.32. The third kappa shape index (κ3) is 6.08. The van der Waals surface area contributed by atoms with Crippen LogP contribution in [0.25, 0.3) is 0 Å². The van der Waals surface area contributed by atoms with Crippen LogP contribution < -0.4 is 10.2 Å². The van der Waals surface area contributed by atoms with Crippen LogP contribution in [0, 0.1) is 0 Å². The first-order valence-corrected chi connectivity index (χ1v) is 12.6. The van der Waals surface area contributed by atoms with Crippen LogP contribution in [0.15, 0.2) is 94.4 Å². The van der Waals surface area contributed by atoms with Crippen LogP contribution >= 0.6 is 11.8 Å². The Hall–Kier alpha value is -4.05. The van der Waals surface area contributed by atoms with Crippen LogP contribution in [0.5, 0.6) is 0 Å². The maximum absolute atomic E-state index is 13.5. The number of amides is 2. The molecule has 1 N–H and O–H groups in total. The Morgan fingerprint density at radius 3 is 2.32 bits per heavy atom. The summed E-state index contributed by atoms with van der Waals surface area (Å²) in [6.07, 6.45) is -2.97. The number of unbranched alkanes of at least 4 members (excludes halogenated alkanes) is 1. The summed E-state index contributed by atoms with van der Waals surface area (Å²) in [5, 5.41) is 2.73. The molecule has 3 aromatic carbocycles. The summed E-state index contributed by atoms with van der Waals surface area (Å²) >= 11 is 1.03. The van der Waals surface area contributed by atoms with Gasteiger partial charge in [0, 0.05) is 10.6 Å². The normalized spacial score (nSPS) is 13.7. The highest BCUT2D eigenvalue weighted by atomic mass is 32.2. The van der Waals surface area contributed by atoms with Crippen molar-refractivity contribution >= 4 is 40.9 Å². The number of carbonyl (C=O) groups excluding carboxylic acids is 3. The second kappa shape index (κ2) is 11.6. The lowest BCUT2D eigenvalue weighted by atomic mass is 10.2. The molecule has 1 aliphatic rings. The van der Waals surface area contributed by atoms with Crippen molar-refractivity contribution in [2.24, 2.45) is 0 Å². The quantitative estimate of drug-likeness (QED) is 0.186. The monoisotopic (exact) mass is 540 g/mol. The minimum absolute atomic E-state index is 0.00848. The number of rotatable bonds is 9. The van der Waals surface area contributed by atoms with Gasteiger partial charge in [-0.15, -0.1) is 0 Å². The van der Waals surface area contributed by atoms with Gasteiger partial charge in [-0.2, -0.15) is 13.2 Å². The predicted molar refractivity (Wildman–Crippen MR) is 139 cm³/mol. The molecule has 0 spiro atoms. The second-order valence-electron chi connectivity index (χ2n) is 8.30. The van der Waals surface area contributed by atoms with E-state index in [1.54, 1.807) is 30.3 Å². The Kier molecular flexibility index (Phi) is 8.21. The van der Waals surface area contributed by atoms with E-state index in [0.29, 0.717) is 4.90 Å². The lowest BCUT2D eigenvalue weighted by Gasteiger charge is -2.16. The average Bonchev–Trinajstić information content (AvgIpc) is 3.13. The van der Waals surface area contributed by atoms with Crippen molar-refractivity contribution in [3.05, 3.63) is 101 Å². The van der Waals surface area contributed by atoms with Gasteiger partial charge in [-0.25, -0.2) is 9.69 Å². The number of benzene rings is 3. The molecule has 38 heavy (non-hydrogen) atoms. The molecule has 10 heteroatoms. The molecule has 196 valence electrons. The van der Waals surface area contributed by atoms with Gasteiger partial charge >= 0.3 is 12.1 Å². The molecule has 0 unspecified atom stereocenters. The molecule has 0 atom stereocenters.